The second kappa shape index (κ2) is 5.92. The van der Waals surface area contributed by atoms with E-state index in [0.29, 0.717) is 5.92 Å². The van der Waals surface area contributed by atoms with Crippen molar-refractivity contribution in [1.29, 1.82) is 0 Å². The number of nitrogens with one attached hydrogen (secondary N) is 1. The Labute approximate surface area is 101 Å². The third-order valence-corrected chi connectivity index (χ3v) is 4.77. The van der Waals surface area contributed by atoms with Gasteiger partial charge in [-0.3, -0.25) is 4.79 Å². The van der Waals surface area contributed by atoms with Gasteiger partial charge in [-0.25, -0.2) is 0 Å². The van der Waals surface area contributed by atoms with Crippen LogP contribution in [0, 0.1) is 17.8 Å². The summed E-state index contributed by atoms with van der Waals surface area (Å²) in [6.07, 6.45) is 4.73. The van der Waals surface area contributed by atoms with E-state index in [0.717, 1.165) is 36.3 Å². The first-order valence-corrected chi connectivity index (χ1v) is 7.46. The Kier molecular flexibility index (Phi) is 4.53. The van der Waals surface area contributed by atoms with Gasteiger partial charge < -0.3 is 10.4 Å². The molecule has 3 nitrogen and oxygen atoms in total. The largest absolute Gasteiger partial charge is 0.396 e. The Balaban J connectivity index is 1.49. The lowest BCUT2D eigenvalue weighted by molar-refractivity contribution is -0.122. The van der Waals surface area contributed by atoms with E-state index < -0.39 is 0 Å². The van der Waals surface area contributed by atoms with E-state index in [1.54, 1.807) is 11.8 Å². The molecule has 2 aliphatic rings. The van der Waals surface area contributed by atoms with Crippen LogP contribution in [0.25, 0.3) is 0 Å². The molecule has 0 spiro atoms. The molecule has 2 saturated carbocycles. The van der Waals surface area contributed by atoms with E-state index in [-0.39, 0.29) is 12.5 Å². The number of hydrogen-bond acceptors (Lipinski definition) is 3. The third-order valence-electron chi connectivity index (χ3n) is 3.70. The monoisotopic (exact) mass is 243 g/mol. The molecule has 0 aromatic rings. The highest BCUT2D eigenvalue weighted by molar-refractivity contribution is 7.99. The highest BCUT2D eigenvalue weighted by Gasteiger charge is 2.56. The molecule has 1 amide bonds. The molecule has 0 heterocycles. The summed E-state index contributed by atoms with van der Waals surface area (Å²) in [5, 5.41) is 11.6. The molecule has 2 aliphatic carbocycles. The van der Waals surface area contributed by atoms with Crippen LogP contribution in [0.2, 0.25) is 0 Å². The summed E-state index contributed by atoms with van der Waals surface area (Å²) < 4.78 is 0. The average molecular weight is 243 g/mol. The lowest BCUT2D eigenvalue weighted by Crippen LogP contribution is -2.28. The lowest BCUT2D eigenvalue weighted by atomic mass is 10.1. The number of hydrogen-bond donors (Lipinski definition) is 2. The zero-order valence-electron chi connectivity index (χ0n) is 9.65. The zero-order chi connectivity index (χ0) is 11.4. The zero-order valence-corrected chi connectivity index (χ0v) is 10.5. The molecule has 0 aliphatic heterocycles. The van der Waals surface area contributed by atoms with Crippen molar-refractivity contribution in [2.24, 2.45) is 17.8 Å². The normalized spacial score (nSPS) is 31.2. The summed E-state index contributed by atoms with van der Waals surface area (Å²) in [5.41, 5.74) is 0. The molecule has 92 valence electrons. The van der Waals surface area contributed by atoms with Crippen LogP contribution in [-0.2, 0) is 4.79 Å². The standard InChI is InChI=1S/C12H21NO2S/c14-6-2-7-16-8-5-13-12(15)11-9-3-1-4-10(9)11/h9-11,14H,1-8H2,(H,13,15)/t9-,10-/m0/s1. The van der Waals surface area contributed by atoms with E-state index in [4.69, 9.17) is 5.11 Å². The van der Waals surface area contributed by atoms with Gasteiger partial charge in [-0.1, -0.05) is 6.42 Å². The molecule has 2 rings (SSSR count). The molecule has 0 saturated heterocycles. The average Bonchev–Trinajstić information content (AvgIpc) is 2.77. The minimum absolute atomic E-state index is 0.269. The van der Waals surface area contributed by atoms with Gasteiger partial charge in [0.05, 0.1) is 0 Å². The predicted molar refractivity (Wildman–Crippen MR) is 66.4 cm³/mol. The Morgan fingerprint density at radius 2 is 2.06 bits per heavy atom. The summed E-state index contributed by atoms with van der Waals surface area (Å²) in [7, 11) is 0. The fraction of sp³-hybridized carbons (Fsp3) is 0.917. The van der Waals surface area contributed by atoms with Crippen LogP contribution >= 0.6 is 11.8 Å². The first kappa shape index (κ1) is 12.2. The molecule has 2 atom stereocenters. The minimum atomic E-state index is 0.269. The van der Waals surface area contributed by atoms with Gasteiger partial charge in [0, 0.05) is 24.8 Å². The molecule has 0 unspecified atom stereocenters. The third kappa shape index (κ3) is 2.92. The van der Waals surface area contributed by atoms with Crippen LogP contribution in [0.4, 0.5) is 0 Å². The van der Waals surface area contributed by atoms with Crippen molar-refractivity contribution >= 4 is 17.7 Å². The summed E-state index contributed by atoms with van der Waals surface area (Å²) in [6.45, 7) is 1.05. The van der Waals surface area contributed by atoms with Gasteiger partial charge in [-0.15, -0.1) is 0 Å². The highest BCUT2D eigenvalue weighted by Crippen LogP contribution is 2.57. The van der Waals surface area contributed by atoms with Gasteiger partial charge in [0.2, 0.25) is 5.91 Å². The van der Waals surface area contributed by atoms with Crippen LogP contribution in [0.3, 0.4) is 0 Å². The molecule has 0 aromatic heterocycles. The Bertz CT molecular complexity index is 237. The second-order valence-electron chi connectivity index (χ2n) is 4.76. The number of aliphatic hydroxyl groups excluding tert-OH is 1. The van der Waals surface area contributed by atoms with E-state index >= 15 is 0 Å². The Hall–Kier alpha value is -0.220. The first-order valence-electron chi connectivity index (χ1n) is 6.31. The number of fused-ring (bicyclic) bond motifs is 1. The maximum absolute atomic E-state index is 11.7. The number of amides is 1. The van der Waals surface area contributed by atoms with E-state index in [1.165, 1.54) is 19.3 Å². The molecular formula is C12H21NO2S. The molecule has 0 radical (unpaired) electrons. The topological polar surface area (TPSA) is 49.3 Å². The fourth-order valence-corrected chi connectivity index (χ4v) is 3.63. The van der Waals surface area contributed by atoms with Gasteiger partial charge in [0.1, 0.15) is 0 Å². The number of carbonyl (C=O) groups is 1. The number of rotatable bonds is 7. The molecule has 0 aromatic carbocycles. The van der Waals surface area contributed by atoms with Crippen molar-refractivity contribution in [3.05, 3.63) is 0 Å². The highest BCUT2D eigenvalue weighted by atomic mass is 32.2. The van der Waals surface area contributed by atoms with Crippen molar-refractivity contribution in [3.8, 4) is 0 Å². The van der Waals surface area contributed by atoms with Gasteiger partial charge in [-0.2, -0.15) is 11.8 Å². The van der Waals surface area contributed by atoms with Crippen molar-refractivity contribution in [2.45, 2.75) is 25.7 Å². The summed E-state index contributed by atoms with van der Waals surface area (Å²) >= 11 is 1.80. The smallest absolute Gasteiger partial charge is 0.223 e. The SMILES string of the molecule is O=C(NCCSCCCO)C1[C@H]2CCC[C@H]12. The number of aliphatic hydroxyl groups is 1. The van der Waals surface area contributed by atoms with Crippen LogP contribution in [0.5, 0.6) is 0 Å². The van der Waals surface area contributed by atoms with Crippen LogP contribution in [-0.4, -0.2) is 35.7 Å². The van der Waals surface area contributed by atoms with Crippen molar-refractivity contribution in [3.63, 3.8) is 0 Å². The molecule has 2 N–H and O–H groups in total. The van der Waals surface area contributed by atoms with E-state index in [9.17, 15) is 4.79 Å². The van der Waals surface area contributed by atoms with Gasteiger partial charge in [-0.05, 0) is 36.9 Å². The van der Waals surface area contributed by atoms with Gasteiger partial charge in [0.15, 0.2) is 0 Å². The molecule has 0 bridgehead atoms. The number of thioether (sulfide) groups is 1. The fourth-order valence-electron chi connectivity index (χ4n) is 2.84. The van der Waals surface area contributed by atoms with Crippen molar-refractivity contribution in [1.82, 2.24) is 5.32 Å². The lowest BCUT2D eigenvalue weighted by Gasteiger charge is -2.06. The Morgan fingerprint density at radius 3 is 2.75 bits per heavy atom. The van der Waals surface area contributed by atoms with Crippen molar-refractivity contribution < 1.29 is 9.90 Å². The number of carbonyl (C=O) groups excluding carboxylic acids is 1. The maximum atomic E-state index is 11.7. The summed E-state index contributed by atoms with van der Waals surface area (Å²) in [6, 6.07) is 0. The molecule has 4 heteroatoms. The second-order valence-corrected chi connectivity index (χ2v) is 5.99. The first-order chi connectivity index (χ1) is 7.84. The summed E-state index contributed by atoms with van der Waals surface area (Å²) in [5.74, 6) is 4.05. The van der Waals surface area contributed by atoms with Gasteiger partial charge in [0.25, 0.3) is 0 Å². The van der Waals surface area contributed by atoms with Crippen LogP contribution in [0.15, 0.2) is 0 Å². The van der Waals surface area contributed by atoms with E-state index in [1.807, 2.05) is 0 Å². The molecular weight excluding hydrogens is 222 g/mol. The quantitative estimate of drug-likeness (QED) is 0.662. The predicted octanol–water partition coefficient (Wildman–Crippen LogP) is 1.26. The summed E-state index contributed by atoms with van der Waals surface area (Å²) in [4.78, 5) is 11.7. The molecule has 2 fully saturated rings. The Morgan fingerprint density at radius 1 is 1.31 bits per heavy atom. The van der Waals surface area contributed by atoms with Crippen LogP contribution < -0.4 is 5.32 Å². The van der Waals surface area contributed by atoms with Crippen molar-refractivity contribution in [2.75, 3.05) is 24.7 Å². The van der Waals surface area contributed by atoms with E-state index in [2.05, 4.69) is 5.32 Å². The molecule has 16 heavy (non-hydrogen) atoms. The van der Waals surface area contributed by atoms with Crippen LogP contribution in [0.1, 0.15) is 25.7 Å². The van der Waals surface area contributed by atoms with Gasteiger partial charge >= 0.3 is 0 Å². The maximum Gasteiger partial charge on any atom is 0.223 e. The minimum Gasteiger partial charge on any atom is -0.396 e.